The van der Waals surface area contributed by atoms with E-state index in [1.54, 1.807) is 19.1 Å². The molecule has 2 aromatic heterocycles. The Bertz CT molecular complexity index is 1430. The number of anilines is 1. The van der Waals surface area contributed by atoms with Gasteiger partial charge in [-0.2, -0.15) is 9.61 Å². The van der Waals surface area contributed by atoms with E-state index in [-0.39, 0.29) is 11.6 Å². The van der Waals surface area contributed by atoms with Gasteiger partial charge >= 0.3 is 6.03 Å². The zero-order chi connectivity index (χ0) is 25.1. The van der Waals surface area contributed by atoms with Crippen LogP contribution < -0.4 is 20.3 Å². The first-order chi connectivity index (χ1) is 17.5. The number of fused-ring (bicyclic) bond motifs is 1. The van der Waals surface area contributed by atoms with Gasteiger partial charge in [0.25, 0.3) is 5.56 Å². The number of carbonyl (C=O) groups is 1. The van der Waals surface area contributed by atoms with Crippen LogP contribution in [-0.4, -0.2) is 70.8 Å². The average Bonchev–Trinajstić information content (AvgIpc) is 3.34. The molecule has 1 aliphatic rings. The van der Waals surface area contributed by atoms with Crippen molar-refractivity contribution < 1.29 is 14.3 Å². The summed E-state index contributed by atoms with van der Waals surface area (Å²) in [5.41, 5.74) is 2.07. The molecule has 0 atom stereocenters. The molecule has 10 nitrogen and oxygen atoms in total. The van der Waals surface area contributed by atoms with Crippen molar-refractivity contribution in [3.63, 3.8) is 0 Å². The van der Waals surface area contributed by atoms with Crippen molar-refractivity contribution in [1.82, 2.24) is 24.4 Å². The molecule has 1 N–H and O–H groups in total. The molecule has 0 spiro atoms. The quantitative estimate of drug-likeness (QED) is 0.429. The van der Waals surface area contributed by atoms with E-state index in [2.05, 4.69) is 20.3 Å². The molecule has 0 radical (unpaired) electrons. The van der Waals surface area contributed by atoms with Gasteiger partial charge in [-0.1, -0.05) is 23.5 Å². The number of hydrogen-bond donors (Lipinski definition) is 1. The first-order valence-corrected chi connectivity index (χ1v) is 12.3. The average molecular weight is 507 g/mol. The van der Waals surface area contributed by atoms with Gasteiger partial charge in [0, 0.05) is 50.0 Å². The van der Waals surface area contributed by atoms with Crippen LogP contribution in [0.1, 0.15) is 5.69 Å². The molecular weight excluding hydrogens is 480 g/mol. The summed E-state index contributed by atoms with van der Waals surface area (Å²) in [5.74, 6) is 1.47. The lowest BCUT2D eigenvalue weighted by Gasteiger charge is -2.34. The van der Waals surface area contributed by atoms with Gasteiger partial charge < -0.3 is 19.7 Å². The number of nitrogens with one attached hydrogen (secondary N) is 1. The molecule has 3 heterocycles. The molecule has 1 aliphatic heterocycles. The van der Waals surface area contributed by atoms with Crippen molar-refractivity contribution in [3.05, 3.63) is 70.6 Å². The Morgan fingerprint density at radius 2 is 1.75 bits per heavy atom. The minimum Gasteiger partial charge on any atom is -0.497 e. The van der Waals surface area contributed by atoms with E-state index >= 15 is 0 Å². The second-order valence-corrected chi connectivity index (χ2v) is 9.30. The summed E-state index contributed by atoms with van der Waals surface area (Å²) in [7, 11) is 3.22. The smallest absolute Gasteiger partial charge is 0.321 e. The number of aromatic nitrogens is 3. The van der Waals surface area contributed by atoms with Crippen LogP contribution >= 0.6 is 11.3 Å². The molecule has 5 rings (SSSR count). The minimum absolute atomic E-state index is 0.132. The van der Waals surface area contributed by atoms with Crippen LogP contribution in [0.15, 0.2) is 59.4 Å². The molecule has 0 unspecified atom stereocenters. The Morgan fingerprint density at radius 1 is 1.00 bits per heavy atom. The van der Waals surface area contributed by atoms with Crippen LogP contribution in [0.2, 0.25) is 0 Å². The Hall–Kier alpha value is -3.96. The third-order valence-electron chi connectivity index (χ3n) is 6.00. The maximum absolute atomic E-state index is 12.7. The summed E-state index contributed by atoms with van der Waals surface area (Å²) in [6.07, 6.45) is 0. The highest BCUT2D eigenvalue weighted by Gasteiger charge is 2.22. The van der Waals surface area contributed by atoms with Gasteiger partial charge in [-0.05, 0) is 36.4 Å². The maximum atomic E-state index is 12.7. The number of benzene rings is 2. The highest BCUT2D eigenvalue weighted by molar-refractivity contribution is 7.19. The zero-order valence-electron chi connectivity index (χ0n) is 20.0. The molecule has 0 saturated carbocycles. The van der Waals surface area contributed by atoms with Gasteiger partial charge in [-0.3, -0.25) is 9.69 Å². The van der Waals surface area contributed by atoms with Crippen LogP contribution in [-0.2, 0) is 6.54 Å². The normalized spacial score (nSPS) is 14.1. The van der Waals surface area contributed by atoms with Crippen molar-refractivity contribution in [1.29, 1.82) is 0 Å². The summed E-state index contributed by atoms with van der Waals surface area (Å²) in [4.78, 5) is 34.6. The fourth-order valence-electron chi connectivity index (χ4n) is 4.03. The number of ether oxygens (including phenoxy) is 2. The van der Waals surface area contributed by atoms with Crippen molar-refractivity contribution in [2.75, 3.05) is 45.7 Å². The molecular formula is C25H26N6O4S. The van der Waals surface area contributed by atoms with Gasteiger partial charge in [-0.15, -0.1) is 0 Å². The van der Waals surface area contributed by atoms with Crippen molar-refractivity contribution in [3.8, 4) is 22.1 Å². The zero-order valence-corrected chi connectivity index (χ0v) is 20.8. The van der Waals surface area contributed by atoms with E-state index in [0.717, 1.165) is 22.7 Å². The predicted octanol–water partition coefficient (Wildman–Crippen LogP) is 3.18. The summed E-state index contributed by atoms with van der Waals surface area (Å²) in [6, 6.07) is 16.2. The number of rotatable bonds is 6. The fourth-order valence-corrected chi connectivity index (χ4v) is 4.95. The van der Waals surface area contributed by atoms with E-state index < -0.39 is 0 Å². The van der Waals surface area contributed by atoms with Gasteiger partial charge in [0.05, 0.1) is 19.9 Å². The Balaban J connectivity index is 1.22. The SMILES string of the molecule is COc1ccc(NC(=O)N2CCN(Cc3cc(=O)n4nc(-c5cccc(OC)c5)sc4n3)CC2)cc1. The van der Waals surface area contributed by atoms with Crippen molar-refractivity contribution in [2.24, 2.45) is 0 Å². The molecule has 0 aliphatic carbocycles. The van der Waals surface area contributed by atoms with Crippen LogP contribution in [0.5, 0.6) is 11.5 Å². The molecule has 36 heavy (non-hydrogen) atoms. The molecule has 0 bridgehead atoms. The molecule has 11 heteroatoms. The van der Waals surface area contributed by atoms with E-state index in [1.165, 1.54) is 21.9 Å². The number of nitrogens with zero attached hydrogens (tertiary/aromatic N) is 5. The van der Waals surface area contributed by atoms with E-state index in [9.17, 15) is 9.59 Å². The molecule has 186 valence electrons. The van der Waals surface area contributed by atoms with E-state index in [4.69, 9.17) is 9.47 Å². The highest BCUT2D eigenvalue weighted by atomic mass is 32.1. The summed E-state index contributed by atoms with van der Waals surface area (Å²) in [6.45, 7) is 3.09. The number of hydrogen-bond acceptors (Lipinski definition) is 8. The lowest BCUT2D eigenvalue weighted by molar-refractivity contribution is 0.142. The summed E-state index contributed by atoms with van der Waals surface area (Å²) in [5, 5.41) is 8.07. The minimum atomic E-state index is -0.210. The second kappa shape index (κ2) is 10.3. The predicted molar refractivity (Wildman–Crippen MR) is 138 cm³/mol. The van der Waals surface area contributed by atoms with Crippen LogP contribution in [0.3, 0.4) is 0 Å². The number of amides is 2. The van der Waals surface area contributed by atoms with Gasteiger partial charge in [0.15, 0.2) is 0 Å². The fraction of sp³-hybridized carbons (Fsp3) is 0.280. The maximum Gasteiger partial charge on any atom is 0.321 e. The largest absolute Gasteiger partial charge is 0.497 e. The van der Waals surface area contributed by atoms with Gasteiger partial charge in [-0.25, -0.2) is 9.78 Å². The monoisotopic (exact) mass is 506 g/mol. The number of methoxy groups -OCH3 is 2. The van der Waals surface area contributed by atoms with E-state index in [1.807, 2.05) is 48.5 Å². The first-order valence-electron chi connectivity index (χ1n) is 11.5. The van der Waals surface area contributed by atoms with Gasteiger partial charge in [0.1, 0.15) is 16.5 Å². The standard InChI is InChI=1S/C25H26N6O4S/c1-34-20-8-6-18(7-9-20)26-24(33)30-12-10-29(11-13-30)16-19-15-22(32)31-25(27-19)36-23(28-31)17-4-3-5-21(14-17)35-2/h3-9,14-15H,10-13,16H2,1-2H3,(H,26,33). The Kier molecular flexibility index (Phi) is 6.83. The molecule has 4 aromatic rings. The molecule has 1 saturated heterocycles. The summed E-state index contributed by atoms with van der Waals surface area (Å²) >= 11 is 1.37. The van der Waals surface area contributed by atoms with Gasteiger partial charge in [0.2, 0.25) is 4.96 Å². The van der Waals surface area contributed by atoms with Crippen LogP contribution in [0.4, 0.5) is 10.5 Å². The topological polar surface area (TPSA) is 101 Å². The third-order valence-corrected chi connectivity index (χ3v) is 6.96. The first kappa shape index (κ1) is 23.8. The molecule has 1 fully saturated rings. The van der Waals surface area contributed by atoms with Crippen molar-refractivity contribution >= 4 is 28.0 Å². The van der Waals surface area contributed by atoms with E-state index in [0.29, 0.717) is 48.4 Å². The second-order valence-electron chi connectivity index (χ2n) is 8.34. The van der Waals surface area contributed by atoms with Crippen LogP contribution in [0, 0.1) is 0 Å². The Morgan fingerprint density at radius 3 is 2.47 bits per heavy atom. The third kappa shape index (κ3) is 5.16. The van der Waals surface area contributed by atoms with Crippen molar-refractivity contribution in [2.45, 2.75) is 6.54 Å². The highest BCUT2D eigenvalue weighted by Crippen LogP contribution is 2.27. The molecule has 2 amide bonds. The number of urea groups is 1. The number of piperazine rings is 1. The van der Waals surface area contributed by atoms with Crippen LogP contribution in [0.25, 0.3) is 15.5 Å². The lowest BCUT2D eigenvalue weighted by atomic mass is 10.2. The number of carbonyl (C=O) groups excluding carboxylic acids is 1. The molecule has 2 aromatic carbocycles. The lowest BCUT2D eigenvalue weighted by Crippen LogP contribution is -2.49. The Labute approximate surface area is 211 Å². The summed E-state index contributed by atoms with van der Waals surface area (Å²) < 4.78 is 11.8.